The van der Waals surface area contributed by atoms with Gasteiger partial charge in [-0.1, -0.05) is 127 Å². The van der Waals surface area contributed by atoms with Crippen LogP contribution in [-0.4, -0.2) is 9.55 Å². The van der Waals surface area contributed by atoms with Gasteiger partial charge < -0.3 is 4.57 Å². The van der Waals surface area contributed by atoms with E-state index < -0.39 is 0 Å². The van der Waals surface area contributed by atoms with Gasteiger partial charge in [-0.2, -0.15) is 0 Å². The van der Waals surface area contributed by atoms with E-state index >= 15 is 0 Å². The van der Waals surface area contributed by atoms with Crippen molar-refractivity contribution in [3.63, 3.8) is 0 Å². The Balaban J connectivity index is 1.12. The van der Waals surface area contributed by atoms with E-state index in [2.05, 4.69) is 168 Å². The quantitative estimate of drug-likeness (QED) is 0.180. The summed E-state index contributed by atoms with van der Waals surface area (Å²) in [5, 5.41) is 3.83. The van der Waals surface area contributed by atoms with Crippen LogP contribution in [0.2, 0.25) is 0 Å². The summed E-state index contributed by atoms with van der Waals surface area (Å²) in [6.45, 7) is 0. The Kier molecular flexibility index (Phi) is 5.35. The summed E-state index contributed by atoms with van der Waals surface area (Å²) in [5.41, 5.74) is 17.3. The molecular weight excluding hydrogens is 637 g/mol. The number of hydrogen-bond donors (Lipinski definition) is 0. The zero-order valence-corrected chi connectivity index (χ0v) is 28.3. The third-order valence-electron chi connectivity index (χ3n) is 11.5. The van der Waals surface area contributed by atoms with Gasteiger partial charge in [0.2, 0.25) is 0 Å². The molecule has 0 unspecified atom stereocenters. The highest BCUT2D eigenvalue weighted by Gasteiger charge is 2.51. The number of fused-ring (bicyclic) bond motifs is 17. The molecule has 2 nitrogen and oxygen atoms in total. The highest BCUT2D eigenvalue weighted by Crippen LogP contribution is 2.64. The summed E-state index contributed by atoms with van der Waals surface area (Å²) in [6, 6.07) is 60.8. The second kappa shape index (κ2) is 9.91. The Morgan fingerprint density at radius 3 is 1.98 bits per heavy atom. The molecule has 51 heavy (non-hydrogen) atoms. The van der Waals surface area contributed by atoms with Gasteiger partial charge in [0.05, 0.1) is 22.0 Å². The molecule has 1 spiro atoms. The average molecular weight is 665 g/mol. The van der Waals surface area contributed by atoms with E-state index in [-0.39, 0.29) is 5.41 Å². The number of rotatable bonds is 2. The summed E-state index contributed by atoms with van der Waals surface area (Å²) >= 11 is 1.87. The maximum absolute atomic E-state index is 4.99. The lowest BCUT2D eigenvalue weighted by atomic mass is 9.70. The van der Waals surface area contributed by atoms with E-state index in [1.54, 1.807) is 0 Å². The molecule has 0 atom stereocenters. The molecule has 10 aromatic rings. The summed E-state index contributed by atoms with van der Waals surface area (Å²) in [5.74, 6) is 0. The first kappa shape index (κ1) is 27.5. The normalized spacial score (nSPS) is 13.6. The van der Waals surface area contributed by atoms with Crippen LogP contribution in [0, 0.1) is 0 Å². The molecule has 0 N–H and O–H groups in total. The molecule has 0 radical (unpaired) electrons. The average Bonchev–Trinajstić information content (AvgIpc) is 3.91. The Hall–Kier alpha value is -6.29. The van der Waals surface area contributed by atoms with Gasteiger partial charge in [0, 0.05) is 37.4 Å². The molecule has 0 saturated heterocycles. The molecule has 3 aromatic heterocycles. The molecular formula is C48H28N2S. The fourth-order valence-corrected chi connectivity index (χ4v) is 10.8. The number of nitrogens with zero attached hydrogens (tertiary/aromatic N) is 2. The lowest BCUT2D eigenvalue weighted by Crippen LogP contribution is -2.25. The minimum atomic E-state index is -0.360. The van der Waals surface area contributed by atoms with Gasteiger partial charge in [0.25, 0.3) is 0 Å². The number of aromatic nitrogens is 2. The van der Waals surface area contributed by atoms with Crippen LogP contribution >= 0.6 is 11.3 Å². The largest absolute Gasteiger partial charge is 0.308 e. The first-order valence-electron chi connectivity index (χ1n) is 17.6. The Morgan fingerprint density at radius 1 is 0.490 bits per heavy atom. The molecule has 2 aliphatic carbocycles. The third-order valence-corrected chi connectivity index (χ3v) is 12.7. The number of benzene rings is 7. The second-order valence-corrected chi connectivity index (χ2v) is 14.9. The van der Waals surface area contributed by atoms with Crippen molar-refractivity contribution >= 4 is 53.4 Å². The van der Waals surface area contributed by atoms with Gasteiger partial charge in [-0.05, 0) is 92.0 Å². The van der Waals surface area contributed by atoms with Gasteiger partial charge in [-0.25, -0.2) is 0 Å². The van der Waals surface area contributed by atoms with Crippen molar-refractivity contribution in [2.24, 2.45) is 0 Å². The van der Waals surface area contributed by atoms with Crippen LogP contribution in [0.4, 0.5) is 0 Å². The van der Waals surface area contributed by atoms with Crippen LogP contribution in [-0.2, 0) is 5.41 Å². The molecule has 0 bridgehead atoms. The predicted molar refractivity (Wildman–Crippen MR) is 213 cm³/mol. The molecule has 2 aliphatic rings. The second-order valence-electron chi connectivity index (χ2n) is 13.8. The SMILES string of the molecule is c1cc(-c2cccc3c2-c2ccccc2C32c3ccccc3-c3ccccc32)cc(-n2c3cccnc3c3c4sc5ccccc5c4ccc32)c1. The minimum absolute atomic E-state index is 0.360. The summed E-state index contributed by atoms with van der Waals surface area (Å²) in [7, 11) is 0. The fourth-order valence-electron chi connectivity index (χ4n) is 9.57. The summed E-state index contributed by atoms with van der Waals surface area (Å²) < 4.78 is 5.02. The van der Waals surface area contributed by atoms with E-state index in [9.17, 15) is 0 Å². The lowest BCUT2D eigenvalue weighted by Gasteiger charge is -2.30. The third kappa shape index (κ3) is 3.39. The molecule has 0 aliphatic heterocycles. The minimum Gasteiger partial charge on any atom is -0.308 e. The fraction of sp³-hybridized carbons (Fsp3) is 0.0208. The highest BCUT2D eigenvalue weighted by molar-refractivity contribution is 7.26. The zero-order chi connectivity index (χ0) is 33.3. The van der Waals surface area contributed by atoms with Crippen LogP contribution in [0.3, 0.4) is 0 Å². The van der Waals surface area contributed by atoms with Gasteiger partial charge in [0.1, 0.15) is 0 Å². The van der Waals surface area contributed by atoms with Crippen molar-refractivity contribution in [1.82, 2.24) is 9.55 Å². The zero-order valence-electron chi connectivity index (χ0n) is 27.5. The maximum Gasteiger partial charge on any atom is 0.0977 e. The highest BCUT2D eigenvalue weighted by atomic mass is 32.1. The number of hydrogen-bond acceptors (Lipinski definition) is 2. The van der Waals surface area contributed by atoms with E-state index in [0.717, 1.165) is 16.7 Å². The van der Waals surface area contributed by atoms with Crippen molar-refractivity contribution in [3.05, 3.63) is 192 Å². The monoisotopic (exact) mass is 664 g/mol. The van der Waals surface area contributed by atoms with Crippen molar-refractivity contribution in [3.8, 4) is 39.1 Å². The number of thiophene rings is 1. The van der Waals surface area contributed by atoms with Crippen molar-refractivity contribution < 1.29 is 0 Å². The molecule has 12 rings (SSSR count). The van der Waals surface area contributed by atoms with Gasteiger partial charge in [-0.3, -0.25) is 4.98 Å². The van der Waals surface area contributed by atoms with Crippen LogP contribution in [0.5, 0.6) is 0 Å². The standard InChI is InChI=1S/C48H28N2S/c1-5-19-37-32(14-1)33-15-2-6-20-38(33)48(37)39-21-7-3-17-36(39)44-31(18-10-22-40(44)48)29-12-9-13-30(28-29)50-41-26-25-35-34-16-4-8-24-43(34)51-47(35)45(41)46-42(50)23-11-27-49-46/h1-28H. The van der Waals surface area contributed by atoms with E-state index in [1.807, 2.05) is 17.5 Å². The Morgan fingerprint density at radius 2 is 1.16 bits per heavy atom. The van der Waals surface area contributed by atoms with Crippen molar-refractivity contribution in [2.45, 2.75) is 5.41 Å². The molecule has 0 fully saturated rings. The van der Waals surface area contributed by atoms with Gasteiger partial charge >= 0.3 is 0 Å². The van der Waals surface area contributed by atoms with E-state index in [1.165, 1.54) is 86.7 Å². The Labute approximate surface area is 298 Å². The summed E-state index contributed by atoms with van der Waals surface area (Å²) in [4.78, 5) is 4.99. The molecule has 0 amide bonds. The van der Waals surface area contributed by atoms with Crippen molar-refractivity contribution in [2.75, 3.05) is 0 Å². The molecule has 236 valence electrons. The number of pyridine rings is 1. The Bertz CT molecular complexity index is 3060. The topological polar surface area (TPSA) is 17.8 Å². The molecule has 0 saturated carbocycles. The van der Waals surface area contributed by atoms with Gasteiger partial charge in [0.15, 0.2) is 0 Å². The van der Waals surface area contributed by atoms with E-state index in [4.69, 9.17) is 4.98 Å². The molecule has 3 heterocycles. The maximum atomic E-state index is 4.99. The first-order chi connectivity index (χ1) is 25.3. The predicted octanol–water partition coefficient (Wildman–Crippen LogP) is 12.6. The van der Waals surface area contributed by atoms with Crippen LogP contribution in [0.25, 0.3) is 81.2 Å². The molecule has 7 aromatic carbocycles. The lowest BCUT2D eigenvalue weighted by molar-refractivity contribution is 0.794. The van der Waals surface area contributed by atoms with Crippen molar-refractivity contribution in [1.29, 1.82) is 0 Å². The van der Waals surface area contributed by atoms with Crippen LogP contribution < -0.4 is 0 Å². The van der Waals surface area contributed by atoms with Crippen LogP contribution in [0.1, 0.15) is 22.3 Å². The van der Waals surface area contributed by atoms with Gasteiger partial charge in [-0.15, -0.1) is 11.3 Å². The smallest absolute Gasteiger partial charge is 0.0977 e. The van der Waals surface area contributed by atoms with Crippen LogP contribution in [0.15, 0.2) is 170 Å². The van der Waals surface area contributed by atoms with E-state index in [0.29, 0.717) is 0 Å². The first-order valence-corrected chi connectivity index (χ1v) is 18.4. The molecule has 3 heteroatoms. The summed E-state index contributed by atoms with van der Waals surface area (Å²) in [6.07, 6.45) is 1.93.